The van der Waals surface area contributed by atoms with Gasteiger partial charge in [-0.3, -0.25) is 9.59 Å². The van der Waals surface area contributed by atoms with Gasteiger partial charge in [-0.25, -0.2) is 4.79 Å². The van der Waals surface area contributed by atoms with E-state index in [2.05, 4.69) is 5.32 Å². The standard InChI is InChI=1S/C21H24N2O5/c1-14-13-17(8-5-15-3-6-16(27-2)7-4-15)28-21(26)19(14)20(25)23-11-9-18(24)22-10-12-23/h3-4,6-7,13H,5,8-12H2,1-2H3,(H,22,24). The van der Waals surface area contributed by atoms with Gasteiger partial charge in [0.1, 0.15) is 17.1 Å². The zero-order valence-electron chi connectivity index (χ0n) is 16.1. The van der Waals surface area contributed by atoms with Crippen LogP contribution in [0.15, 0.2) is 39.5 Å². The molecule has 2 amide bonds. The molecule has 1 N–H and O–H groups in total. The van der Waals surface area contributed by atoms with Crippen molar-refractivity contribution in [2.45, 2.75) is 26.2 Å². The molecule has 2 heterocycles. The predicted molar refractivity (Wildman–Crippen MR) is 104 cm³/mol. The molecular weight excluding hydrogens is 360 g/mol. The summed E-state index contributed by atoms with van der Waals surface area (Å²) in [5.74, 6) is 0.861. The number of aryl methyl sites for hydroxylation is 3. The Balaban J connectivity index is 1.72. The fourth-order valence-corrected chi connectivity index (χ4v) is 3.24. The lowest BCUT2D eigenvalue weighted by atomic mass is 10.1. The highest BCUT2D eigenvalue weighted by Gasteiger charge is 2.24. The predicted octanol–water partition coefficient (Wildman–Crippen LogP) is 1.70. The molecule has 0 atom stereocenters. The van der Waals surface area contributed by atoms with Crippen LogP contribution < -0.4 is 15.7 Å². The maximum atomic E-state index is 12.8. The molecule has 1 aromatic carbocycles. The number of methoxy groups -OCH3 is 1. The van der Waals surface area contributed by atoms with Gasteiger partial charge in [0, 0.05) is 32.5 Å². The van der Waals surface area contributed by atoms with Crippen LogP contribution in [0.4, 0.5) is 0 Å². The number of nitrogens with one attached hydrogen (secondary N) is 1. The second-order valence-electron chi connectivity index (χ2n) is 6.80. The highest BCUT2D eigenvalue weighted by molar-refractivity contribution is 5.95. The Morgan fingerprint density at radius 3 is 2.61 bits per heavy atom. The highest BCUT2D eigenvalue weighted by Crippen LogP contribution is 2.15. The maximum absolute atomic E-state index is 12.8. The lowest BCUT2D eigenvalue weighted by Gasteiger charge is -2.19. The number of carbonyl (C=O) groups excluding carboxylic acids is 2. The summed E-state index contributed by atoms with van der Waals surface area (Å²) in [6, 6.07) is 9.46. The van der Waals surface area contributed by atoms with Gasteiger partial charge in [-0.1, -0.05) is 12.1 Å². The summed E-state index contributed by atoms with van der Waals surface area (Å²) in [6.45, 7) is 2.79. The zero-order chi connectivity index (χ0) is 20.1. The minimum absolute atomic E-state index is 0.0440. The third-order valence-corrected chi connectivity index (χ3v) is 4.83. The lowest BCUT2D eigenvalue weighted by Crippen LogP contribution is -2.37. The lowest BCUT2D eigenvalue weighted by molar-refractivity contribution is -0.120. The van der Waals surface area contributed by atoms with Crippen LogP contribution in [0.5, 0.6) is 5.75 Å². The zero-order valence-corrected chi connectivity index (χ0v) is 16.1. The van der Waals surface area contributed by atoms with Crippen LogP contribution in [0.1, 0.15) is 33.7 Å². The molecule has 0 bridgehead atoms. The third kappa shape index (κ3) is 4.60. The fourth-order valence-electron chi connectivity index (χ4n) is 3.24. The molecule has 1 aromatic heterocycles. The van der Waals surface area contributed by atoms with E-state index in [1.165, 1.54) is 4.90 Å². The van der Waals surface area contributed by atoms with Gasteiger partial charge in [0.15, 0.2) is 0 Å². The van der Waals surface area contributed by atoms with E-state index in [0.717, 1.165) is 11.3 Å². The maximum Gasteiger partial charge on any atom is 0.349 e. The minimum atomic E-state index is -0.627. The van der Waals surface area contributed by atoms with Crippen molar-refractivity contribution in [3.63, 3.8) is 0 Å². The Bertz CT molecular complexity index is 917. The van der Waals surface area contributed by atoms with Crippen molar-refractivity contribution >= 4 is 11.8 Å². The molecule has 3 rings (SSSR count). The van der Waals surface area contributed by atoms with E-state index in [1.807, 2.05) is 24.3 Å². The number of ether oxygens (including phenoxy) is 1. The average molecular weight is 384 g/mol. The Morgan fingerprint density at radius 1 is 1.18 bits per heavy atom. The summed E-state index contributed by atoms with van der Waals surface area (Å²) < 4.78 is 10.6. The van der Waals surface area contributed by atoms with E-state index < -0.39 is 5.63 Å². The van der Waals surface area contributed by atoms with Gasteiger partial charge in [0.25, 0.3) is 5.91 Å². The molecule has 2 aromatic rings. The van der Waals surface area contributed by atoms with E-state index >= 15 is 0 Å². The normalized spacial score (nSPS) is 14.4. The first-order valence-corrected chi connectivity index (χ1v) is 9.30. The number of hydrogen-bond donors (Lipinski definition) is 1. The van der Waals surface area contributed by atoms with Gasteiger partial charge in [0.05, 0.1) is 7.11 Å². The molecule has 148 valence electrons. The number of amides is 2. The van der Waals surface area contributed by atoms with Crippen LogP contribution >= 0.6 is 0 Å². The second-order valence-corrected chi connectivity index (χ2v) is 6.80. The summed E-state index contributed by atoms with van der Waals surface area (Å²) in [6.07, 6.45) is 1.49. The Kier molecular flexibility index (Phi) is 6.13. The molecule has 7 heteroatoms. The van der Waals surface area contributed by atoms with Gasteiger partial charge in [0.2, 0.25) is 5.91 Å². The topological polar surface area (TPSA) is 88.9 Å². The van der Waals surface area contributed by atoms with Crippen molar-refractivity contribution in [1.82, 2.24) is 10.2 Å². The molecule has 0 radical (unpaired) electrons. The summed E-state index contributed by atoms with van der Waals surface area (Å²) in [5.41, 5.74) is 1.11. The molecule has 0 spiro atoms. The average Bonchev–Trinajstić information content (AvgIpc) is 2.90. The monoisotopic (exact) mass is 384 g/mol. The SMILES string of the molecule is COc1ccc(CCc2cc(C)c(C(=O)N3CCNC(=O)CC3)c(=O)o2)cc1. The summed E-state index contributed by atoms with van der Waals surface area (Å²) in [7, 11) is 1.62. The van der Waals surface area contributed by atoms with E-state index in [9.17, 15) is 14.4 Å². The van der Waals surface area contributed by atoms with Crippen molar-refractivity contribution in [2.75, 3.05) is 26.7 Å². The van der Waals surface area contributed by atoms with Crippen molar-refractivity contribution in [3.05, 3.63) is 63.2 Å². The summed E-state index contributed by atoms with van der Waals surface area (Å²) in [4.78, 5) is 38.2. The van der Waals surface area contributed by atoms with Crippen LogP contribution in [0, 0.1) is 6.92 Å². The first-order valence-electron chi connectivity index (χ1n) is 9.30. The minimum Gasteiger partial charge on any atom is -0.497 e. The Hall–Kier alpha value is -3.09. The highest BCUT2D eigenvalue weighted by atomic mass is 16.5. The molecule has 1 saturated heterocycles. The quantitative estimate of drug-likeness (QED) is 0.848. The number of hydrogen-bond acceptors (Lipinski definition) is 5. The van der Waals surface area contributed by atoms with Crippen molar-refractivity contribution < 1.29 is 18.7 Å². The second kappa shape index (κ2) is 8.73. The van der Waals surface area contributed by atoms with Gasteiger partial charge in [-0.15, -0.1) is 0 Å². The molecular formula is C21H24N2O5. The number of benzene rings is 1. The first kappa shape index (κ1) is 19.7. The number of carbonyl (C=O) groups is 2. The molecule has 7 nitrogen and oxygen atoms in total. The van der Waals surface area contributed by atoms with Crippen LogP contribution in [0.2, 0.25) is 0 Å². The van der Waals surface area contributed by atoms with Gasteiger partial charge in [-0.2, -0.15) is 0 Å². The smallest absolute Gasteiger partial charge is 0.349 e. The Morgan fingerprint density at radius 2 is 1.93 bits per heavy atom. The van der Waals surface area contributed by atoms with E-state index in [-0.39, 0.29) is 23.8 Å². The Labute approximate surface area is 163 Å². The molecule has 28 heavy (non-hydrogen) atoms. The molecule has 1 aliphatic rings. The van der Waals surface area contributed by atoms with Crippen molar-refractivity contribution in [2.24, 2.45) is 0 Å². The van der Waals surface area contributed by atoms with Crippen molar-refractivity contribution in [3.8, 4) is 5.75 Å². The number of nitrogens with zero attached hydrogens (tertiary/aromatic N) is 1. The first-order chi connectivity index (χ1) is 13.5. The summed E-state index contributed by atoms with van der Waals surface area (Å²) >= 11 is 0. The molecule has 1 fully saturated rings. The van der Waals surface area contributed by atoms with Gasteiger partial charge in [-0.05, 0) is 42.7 Å². The molecule has 0 unspecified atom stereocenters. The largest absolute Gasteiger partial charge is 0.497 e. The van der Waals surface area contributed by atoms with Crippen molar-refractivity contribution in [1.29, 1.82) is 0 Å². The third-order valence-electron chi connectivity index (χ3n) is 4.83. The van der Waals surface area contributed by atoms with Crippen LogP contribution in [-0.2, 0) is 17.6 Å². The molecule has 0 saturated carbocycles. The van der Waals surface area contributed by atoms with Gasteiger partial charge >= 0.3 is 5.63 Å². The van der Waals surface area contributed by atoms with Crippen LogP contribution in [0.3, 0.4) is 0 Å². The van der Waals surface area contributed by atoms with E-state index in [4.69, 9.17) is 9.15 Å². The summed E-state index contributed by atoms with van der Waals surface area (Å²) in [5, 5.41) is 2.72. The fraction of sp³-hybridized carbons (Fsp3) is 0.381. The van der Waals surface area contributed by atoms with E-state index in [1.54, 1.807) is 20.1 Å². The molecule has 1 aliphatic heterocycles. The van der Waals surface area contributed by atoms with Gasteiger partial charge < -0.3 is 19.4 Å². The van der Waals surface area contributed by atoms with Crippen LogP contribution in [-0.4, -0.2) is 43.5 Å². The van der Waals surface area contributed by atoms with E-state index in [0.29, 0.717) is 43.8 Å². The molecule has 0 aliphatic carbocycles. The number of rotatable bonds is 5. The van der Waals surface area contributed by atoms with Crippen LogP contribution in [0.25, 0.3) is 0 Å².